The van der Waals surface area contributed by atoms with E-state index in [1.807, 2.05) is 0 Å². The van der Waals surface area contributed by atoms with E-state index >= 15 is 4.48 Å². The molecule has 3 rings (SSSR count). The maximum absolute atomic E-state index is 16.2. The van der Waals surface area contributed by atoms with Gasteiger partial charge >= 0.3 is 12.1 Å². The number of amides is 5. The van der Waals surface area contributed by atoms with Crippen LogP contribution in [0.5, 0.6) is 0 Å². The van der Waals surface area contributed by atoms with Gasteiger partial charge in [-0.3, -0.25) is 10.1 Å². The van der Waals surface area contributed by atoms with Crippen molar-refractivity contribution in [2.45, 2.75) is 59.2 Å². The molecule has 1 saturated heterocycles. The smallest absolute Gasteiger partial charge is 0.368 e. The second-order valence-electron chi connectivity index (χ2n) is 8.66. The number of aryl methyl sites for hydroxylation is 1. The predicted octanol–water partition coefficient (Wildman–Crippen LogP) is 3.26. The number of nitrogens with two attached hydrogens (primary N) is 1. The number of imide groups is 1. The Morgan fingerprint density at radius 2 is 2.03 bits per heavy atom. The molecule has 0 saturated carbocycles. The molecule has 5 amide bonds. The summed E-state index contributed by atoms with van der Waals surface area (Å²) in [7, 11) is 0. The second-order valence-corrected chi connectivity index (χ2v) is 8.66. The van der Waals surface area contributed by atoms with Gasteiger partial charge in [-0.2, -0.15) is 0 Å². The largest absolute Gasteiger partial charge is 0.479 e. The number of benzene rings is 1. The van der Waals surface area contributed by atoms with E-state index in [2.05, 4.69) is 5.32 Å². The molecule has 0 aliphatic carbocycles. The summed E-state index contributed by atoms with van der Waals surface area (Å²) in [4.78, 5) is 39.4. The first-order valence-corrected chi connectivity index (χ1v) is 9.74. The molecule has 2 aliphatic rings. The fraction of sp³-hybridized carbons (Fsp3) is 0.550. The lowest BCUT2D eigenvalue weighted by molar-refractivity contribution is -0.122. The van der Waals surface area contributed by atoms with E-state index in [9.17, 15) is 14.4 Å². The van der Waals surface area contributed by atoms with Crippen molar-refractivity contribution in [1.29, 1.82) is 0 Å². The zero-order chi connectivity index (χ0) is 21.6. The first kappa shape index (κ1) is 21.2. The van der Waals surface area contributed by atoms with Gasteiger partial charge in [-0.05, 0) is 37.2 Å². The van der Waals surface area contributed by atoms with Gasteiger partial charge in [-0.1, -0.05) is 32.9 Å². The lowest BCUT2D eigenvalue weighted by atomic mass is 9.86. The van der Waals surface area contributed by atoms with Crippen LogP contribution >= 0.6 is 0 Å². The number of nitrogens with zero attached hydrogens (tertiary/aromatic N) is 2. The summed E-state index contributed by atoms with van der Waals surface area (Å²) in [5, 5.41) is 2.35. The number of carbonyl (C=O) groups excluding carboxylic acids is 3. The number of rotatable bonds is 3. The van der Waals surface area contributed by atoms with Crippen LogP contribution in [-0.4, -0.2) is 36.8 Å². The third kappa shape index (κ3) is 3.49. The molecule has 0 radical (unpaired) electrons. The van der Waals surface area contributed by atoms with Gasteiger partial charge in [0.15, 0.2) is 0 Å². The molecule has 2 aliphatic heterocycles. The lowest BCUT2D eigenvalue weighted by Crippen LogP contribution is -2.63. The highest BCUT2D eigenvalue weighted by atomic mass is 19.2. The molecule has 3 N–H and O–H groups in total. The van der Waals surface area contributed by atoms with Gasteiger partial charge in [0.1, 0.15) is 18.0 Å². The van der Waals surface area contributed by atoms with E-state index in [1.165, 1.54) is 11.0 Å². The second kappa shape index (κ2) is 7.38. The van der Waals surface area contributed by atoms with Crippen LogP contribution in [-0.2, 0) is 9.53 Å². The van der Waals surface area contributed by atoms with E-state index in [0.29, 0.717) is 24.3 Å². The van der Waals surface area contributed by atoms with E-state index in [0.717, 1.165) is 12.8 Å². The molecular weight excluding hydrogens is 379 g/mol. The Labute approximate surface area is 169 Å². The van der Waals surface area contributed by atoms with Crippen molar-refractivity contribution in [2.24, 2.45) is 11.1 Å². The van der Waals surface area contributed by atoms with Gasteiger partial charge in [-0.25, -0.2) is 14.5 Å². The minimum Gasteiger partial charge on any atom is -0.368 e. The number of anilines is 1. The number of nitrogens with one attached hydrogen (secondary N) is 1. The van der Waals surface area contributed by atoms with Gasteiger partial charge in [0.25, 0.3) is 0 Å². The van der Waals surface area contributed by atoms with Gasteiger partial charge in [0.2, 0.25) is 11.6 Å². The molecule has 9 heteroatoms. The van der Waals surface area contributed by atoms with Gasteiger partial charge in [-0.15, -0.1) is 0 Å². The van der Waals surface area contributed by atoms with E-state index < -0.39 is 40.4 Å². The Morgan fingerprint density at radius 1 is 1.34 bits per heavy atom. The molecule has 158 valence electrons. The minimum atomic E-state index is -2.11. The first-order chi connectivity index (χ1) is 13.5. The zero-order valence-corrected chi connectivity index (χ0v) is 17.2. The summed E-state index contributed by atoms with van der Waals surface area (Å²) < 4.78 is 19.8. The van der Waals surface area contributed by atoms with E-state index in [4.69, 9.17) is 10.5 Å². The quantitative estimate of drug-likeness (QED) is 0.751. The maximum Gasteiger partial charge on any atom is 0.479 e. The summed E-state index contributed by atoms with van der Waals surface area (Å²) in [6, 6.07) is 1.27. The molecule has 0 spiro atoms. The number of hydrogen-bond acceptors (Lipinski definition) is 4. The van der Waals surface area contributed by atoms with Gasteiger partial charge < -0.3 is 10.5 Å². The lowest BCUT2D eigenvalue weighted by Gasteiger charge is -2.30. The van der Waals surface area contributed by atoms with Crippen LogP contribution in [0.25, 0.3) is 0 Å². The Balaban J connectivity index is 2.04. The number of halogens is 1. The fourth-order valence-corrected chi connectivity index (χ4v) is 3.87. The summed E-state index contributed by atoms with van der Waals surface area (Å²) in [5.74, 6) is -0.805. The summed E-state index contributed by atoms with van der Waals surface area (Å²) in [6.07, 6.45) is 1.60. The molecule has 2 heterocycles. The molecule has 2 unspecified atom stereocenters. The number of hydrogen-bond donors (Lipinski definition) is 2. The number of primary amides is 1. The molecule has 8 nitrogen and oxygen atoms in total. The van der Waals surface area contributed by atoms with Gasteiger partial charge in [0, 0.05) is 17.2 Å². The first-order valence-electron chi connectivity index (χ1n) is 9.74. The Hall–Kier alpha value is -2.52. The van der Waals surface area contributed by atoms with Crippen LogP contribution in [0, 0.1) is 12.3 Å². The number of urea groups is 2. The number of para-hydroxylation sites is 1. The topological polar surface area (TPSA) is 102 Å². The zero-order valence-electron chi connectivity index (χ0n) is 17.2. The number of fused-ring (bicyclic) bond motifs is 1. The number of ether oxygens (including phenoxy) is 1. The van der Waals surface area contributed by atoms with E-state index in [1.54, 1.807) is 39.8 Å². The fourth-order valence-electron chi connectivity index (χ4n) is 3.87. The average molecular weight is 407 g/mol. The molecule has 3 atom stereocenters. The molecule has 1 aromatic rings. The molecule has 0 bridgehead atoms. The van der Waals surface area contributed by atoms with Crippen LogP contribution in [0.1, 0.15) is 45.6 Å². The van der Waals surface area contributed by atoms with Crippen molar-refractivity contribution in [2.75, 3.05) is 11.5 Å². The third-order valence-corrected chi connectivity index (χ3v) is 5.40. The van der Waals surface area contributed by atoms with Crippen molar-refractivity contribution in [3.63, 3.8) is 0 Å². The summed E-state index contributed by atoms with van der Waals surface area (Å²) >= 11 is 0. The SMILES string of the molecule is Cc1cccc2c1N(C1CCCCO1)C(=O)[N+]2(F)C(=O)N[C@H](C(N)=O)C(C)(C)C. The molecule has 1 fully saturated rings. The number of quaternary nitrogens is 1. The van der Waals surface area contributed by atoms with Gasteiger partial charge in [0.05, 0.1) is 4.71 Å². The van der Waals surface area contributed by atoms with Crippen LogP contribution in [0.2, 0.25) is 0 Å². The highest BCUT2D eigenvalue weighted by molar-refractivity contribution is 6.20. The van der Waals surface area contributed by atoms with Crippen LogP contribution in [0.4, 0.5) is 25.4 Å². The standard InChI is InChI=1S/C20H27FN4O4/c1-12-8-7-9-13-15(12)24(14-10-5-6-11-29-14)19(28)25(13,21)18(27)23-16(17(22)26)20(2,3)4/h7-9,14,16H,5-6,10-11H2,1-4H3,(H2-,22,23,26,27)/p+1/t14?,16-,25?/m1/s1. The van der Waals surface area contributed by atoms with Crippen molar-refractivity contribution in [1.82, 2.24) is 10.0 Å². The third-order valence-electron chi connectivity index (χ3n) is 5.40. The minimum absolute atomic E-state index is 0.0983. The maximum atomic E-state index is 16.2. The van der Waals surface area contributed by atoms with Crippen molar-refractivity contribution < 1.29 is 23.6 Å². The van der Waals surface area contributed by atoms with Crippen molar-refractivity contribution in [3.05, 3.63) is 23.8 Å². The van der Waals surface area contributed by atoms with Crippen LogP contribution < -0.4 is 20.7 Å². The summed E-state index contributed by atoms with van der Waals surface area (Å²) in [5.41, 5.74) is 5.53. The predicted molar refractivity (Wildman–Crippen MR) is 107 cm³/mol. The average Bonchev–Trinajstić information content (AvgIpc) is 2.89. The van der Waals surface area contributed by atoms with Crippen LogP contribution in [0.3, 0.4) is 0 Å². The highest BCUT2D eigenvalue weighted by Crippen LogP contribution is 2.47. The molecule has 0 aromatic heterocycles. The normalized spacial score (nSPS) is 25.5. The van der Waals surface area contributed by atoms with Crippen molar-refractivity contribution >= 4 is 29.3 Å². The van der Waals surface area contributed by atoms with Crippen molar-refractivity contribution in [3.8, 4) is 0 Å². The molecule has 29 heavy (non-hydrogen) atoms. The summed E-state index contributed by atoms with van der Waals surface area (Å²) in [6.45, 7) is 7.28. The Kier molecular flexibility index (Phi) is 5.40. The van der Waals surface area contributed by atoms with Crippen LogP contribution in [0.15, 0.2) is 18.2 Å². The molecular formula is C20H28FN4O4+. The number of carbonyl (C=O) groups is 3. The highest BCUT2D eigenvalue weighted by Gasteiger charge is 2.63. The molecule has 1 aromatic carbocycles. The monoisotopic (exact) mass is 407 g/mol. The Bertz CT molecular complexity index is 847. The van der Waals surface area contributed by atoms with E-state index in [-0.39, 0.29) is 5.69 Å². The Morgan fingerprint density at radius 3 is 2.59 bits per heavy atom.